The maximum atomic E-state index is 10.5. The monoisotopic (exact) mass is 169 g/mol. The van der Waals surface area contributed by atoms with E-state index in [0.29, 0.717) is 12.5 Å². The molecule has 12 heavy (non-hydrogen) atoms. The van der Waals surface area contributed by atoms with E-state index in [1.807, 2.05) is 0 Å². The van der Waals surface area contributed by atoms with Crippen molar-refractivity contribution in [3.63, 3.8) is 0 Å². The molecule has 0 aromatic rings. The molecule has 3 nitrogen and oxygen atoms in total. The lowest BCUT2D eigenvalue weighted by Crippen LogP contribution is -2.22. The molecular weight excluding hydrogens is 154 g/mol. The predicted octanol–water partition coefficient (Wildman–Crippen LogP) is 1.09. The van der Waals surface area contributed by atoms with Gasteiger partial charge in [-0.05, 0) is 12.8 Å². The van der Waals surface area contributed by atoms with Crippen LogP contribution in [0.4, 0.5) is 0 Å². The van der Waals surface area contributed by atoms with Crippen LogP contribution in [0.2, 0.25) is 0 Å². The highest BCUT2D eigenvalue weighted by atomic mass is 16.4. The molecule has 3 atom stereocenters. The molecule has 2 rings (SSSR count). The Morgan fingerprint density at radius 2 is 2.17 bits per heavy atom. The number of nitrogens with zero attached hydrogens (tertiary/aromatic N) is 1. The fourth-order valence-corrected chi connectivity index (χ4v) is 2.25. The molecule has 0 aromatic heterocycles. The molecule has 1 N–H and O–H groups in total. The van der Waals surface area contributed by atoms with Crippen molar-refractivity contribution in [3.05, 3.63) is 0 Å². The van der Waals surface area contributed by atoms with Crippen LogP contribution >= 0.6 is 0 Å². The summed E-state index contributed by atoms with van der Waals surface area (Å²) in [5.74, 6) is -0.646. The second-order valence-corrected chi connectivity index (χ2v) is 3.89. The Bertz CT molecular complexity index is 193. The van der Waals surface area contributed by atoms with E-state index in [1.54, 1.807) is 0 Å². The number of hydrogen-bond acceptors (Lipinski definition) is 2. The van der Waals surface area contributed by atoms with Crippen molar-refractivity contribution < 1.29 is 9.90 Å². The summed E-state index contributed by atoms with van der Waals surface area (Å²) in [6, 6.07) is 1.08. The van der Waals surface area contributed by atoms with E-state index in [-0.39, 0.29) is 0 Å². The van der Waals surface area contributed by atoms with Gasteiger partial charge in [0.15, 0.2) is 0 Å². The minimum absolute atomic E-state index is 0.343. The number of carbonyl (C=O) groups is 1. The number of carboxylic acid groups (broad SMARTS) is 1. The smallest absolute Gasteiger partial charge is 0.304 e. The number of hydrogen-bond donors (Lipinski definition) is 1. The molecule has 0 amide bonds. The highest BCUT2D eigenvalue weighted by Gasteiger charge is 2.40. The van der Waals surface area contributed by atoms with Crippen molar-refractivity contribution in [2.75, 3.05) is 6.54 Å². The van der Waals surface area contributed by atoms with Crippen LogP contribution in [-0.4, -0.2) is 34.6 Å². The molecule has 2 heterocycles. The summed E-state index contributed by atoms with van der Waals surface area (Å²) in [6.07, 6.45) is 5.22. The summed E-state index contributed by atoms with van der Waals surface area (Å²) in [5, 5.41) is 8.67. The Morgan fingerprint density at radius 3 is 2.92 bits per heavy atom. The van der Waals surface area contributed by atoms with Crippen LogP contribution in [0, 0.1) is 0 Å². The van der Waals surface area contributed by atoms with Gasteiger partial charge in [-0.2, -0.15) is 0 Å². The summed E-state index contributed by atoms with van der Waals surface area (Å²) in [6.45, 7) is 1.15. The second kappa shape index (κ2) is 3.05. The zero-order chi connectivity index (χ0) is 8.55. The first-order valence-corrected chi connectivity index (χ1v) is 4.75. The van der Waals surface area contributed by atoms with Gasteiger partial charge in [0.25, 0.3) is 0 Å². The van der Waals surface area contributed by atoms with Gasteiger partial charge in [0.1, 0.15) is 0 Å². The zero-order valence-corrected chi connectivity index (χ0v) is 7.20. The summed E-state index contributed by atoms with van der Waals surface area (Å²) < 4.78 is 0. The van der Waals surface area contributed by atoms with Gasteiger partial charge < -0.3 is 5.11 Å². The van der Waals surface area contributed by atoms with Crippen molar-refractivity contribution in [2.24, 2.45) is 0 Å². The minimum Gasteiger partial charge on any atom is -0.481 e. The standard InChI is InChI=1S/C9H15NO2/c11-9(12)5-7-3-1-2-4-8-6-10(7)8/h7-8H,1-6H2,(H,11,12). The average molecular weight is 169 g/mol. The molecule has 2 saturated heterocycles. The van der Waals surface area contributed by atoms with E-state index in [0.717, 1.165) is 19.0 Å². The molecule has 2 aliphatic rings. The van der Waals surface area contributed by atoms with E-state index in [9.17, 15) is 4.79 Å². The van der Waals surface area contributed by atoms with E-state index >= 15 is 0 Å². The van der Waals surface area contributed by atoms with Crippen LogP contribution in [-0.2, 0) is 4.79 Å². The van der Waals surface area contributed by atoms with Crippen molar-refractivity contribution in [3.8, 4) is 0 Å². The van der Waals surface area contributed by atoms with Gasteiger partial charge in [-0.25, -0.2) is 0 Å². The van der Waals surface area contributed by atoms with Gasteiger partial charge in [-0.3, -0.25) is 9.69 Å². The Balaban J connectivity index is 1.90. The first kappa shape index (κ1) is 8.05. The number of carboxylic acids is 1. The quantitative estimate of drug-likeness (QED) is 0.629. The van der Waals surface area contributed by atoms with Gasteiger partial charge in [-0.1, -0.05) is 12.8 Å². The van der Waals surface area contributed by atoms with Crippen molar-refractivity contribution in [1.82, 2.24) is 4.90 Å². The molecule has 0 aliphatic carbocycles. The third-order valence-corrected chi connectivity index (χ3v) is 2.96. The number of rotatable bonds is 2. The molecule has 0 aromatic carbocycles. The Morgan fingerprint density at radius 1 is 1.42 bits per heavy atom. The van der Waals surface area contributed by atoms with Crippen LogP contribution in [0.1, 0.15) is 32.1 Å². The largest absolute Gasteiger partial charge is 0.481 e. The Hall–Kier alpha value is -0.570. The van der Waals surface area contributed by atoms with Gasteiger partial charge >= 0.3 is 5.97 Å². The first-order valence-electron chi connectivity index (χ1n) is 4.75. The van der Waals surface area contributed by atoms with Crippen LogP contribution in [0.5, 0.6) is 0 Å². The van der Waals surface area contributed by atoms with Crippen LogP contribution in [0.25, 0.3) is 0 Å². The third kappa shape index (κ3) is 1.61. The molecule has 68 valence electrons. The molecule has 0 radical (unpaired) electrons. The fourth-order valence-electron chi connectivity index (χ4n) is 2.25. The molecule has 0 spiro atoms. The lowest BCUT2D eigenvalue weighted by molar-refractivity contribution is -0.138. The third-order valence-electron chi connectivity index (χ3n) is 2.96. The van der Waals surface area contributed by atoms with Crippen LogP contribution in [0.15, 0.2) is 0 Å². The Kier molecular flexibility index (Phi) is 2.05. The summed E-state index contributed by atoms with van der Waals surface area (Å²) in [5.41, 5.74) is 0. The van der Waals surface area contributed by atoms with Gasteiger partial charge in [0.05, 0.1) is 6.42 Å². The van der Waals surface area contributed by atoms with E-state index < -0.39 is 5.97 Å². The molecule has 2 fully saturated rings. The molecule has 3 heteroatoms. The lowest BCUT2D eigenvalue weighted by atomic mass is 10.1. The summed E-state index contributed by atoms with van der Waals surface area (Å²) in [7, 11) is 0. The van der Waals surface area contributed by atoms with E-state index in [4.69, 9.17) is 5.11 Å². The Labute approximate surface area is 72.4 Å². The topological polar surface area (TPSA) is 40.3 Å². The van der Waals surface area contributed by atoms with Crippen LogP contribution < -0.4 is 0 Å². The van der Waals surface area contributed by atoms with Gasteiger partial charge in [-0.15, -0.1) is 0 Å². The molecular formula is C9H15NO2. The van der Waals surface area contributed by atoms with E-state index in [1.165, 1.54) is 19.3 Å². The summed E-state index contributed by atoms with van der Waals surface area (Å²) in [4.78, 5) is 12.9. The van der Waals surface area contributed by atoms with E-state index in [2.05, 4.69) is 4.90 Å². The fraction of sp³-hybridized carbons (Fsp3) is 0.889. The normalized spacial score (nSPS) is 39.8. The highest BCUT2D eigenvalue weighted by molar-refractivity contribution is 5.67. The van der Waals surface area contributed by atoms with Crippen molar-refractivity contribution in [2.45, 2.75) is 44.2 Å². The highest BCUT2D eigenvalue weighted by Crippen LogP contribution is 2.33. The SMILES string of the molecule is O=C(O)CC1CCCCC2CN12. The van der Waals surface area contributed by atoms with Crippen molar-refractivity contribution >= 4 is 5.97 Å². The molecule has 0 bridgehead atoms. The lowest BCUT2D eigenvalue weighted by Gasteiger charge is -2.13. The van der Waals surface area contributed by atoms with Gasteiger partial charge in [0, 0.05) is 18.6 Å². The maximum Gasteiger partial charge on any atom is 0.304 e. The predicted molar refractivity (Wildman–Crippen MR) is 45.0 cm³/mol. The van der Waals surface area contributed by atoms with Crippen molar-refractivity contribution in [1.29, 1.82) is 0 Å². The molecule has 3 unspecified atom stereocenters. The number of aliphatic carboxylic acids is 1. The molecule has 2 aliphatic heterocycles. The summed E-state index contributed by atoms with van der Waals surface area (Å²) >= 11 is 0. The zero-order valence-electron chi connectivity index (χ0n) is 7.20. The maximum absolute atomic E-state index is 10.5. The average Bonchev–Trinajstić information content (AvgIpc) is 2.71. The first-order chi connectivity index (χ1) is 5.77. The molecule has 0 saturated carbocycles. The van der Waals surface area contributed by atoms with Gasteiger partial charge in [0.2, 0.25) is 0 Å². The number of fused-ring (bicyclic) bond motifs is 1. The second-order valence-electron chi connectivity index (χ2n) is 3.89. The minimum atomic E-state index is -0.646. The van der Waals surface area contributed by atoms with Crippen LogP contribution in [0.3, 0.4) is 0 Å².